The fourth-order valence-corrected chi connectivity index (χ4v) is 2.52. The van der Waals surface area contributed by atoms with Crippen LogP contribution in [0.3, 0.4) is 0 Å². The van der Waals surface area contributed by atoms with E-state index in [4.69, 9.17) is 9.84 Å². The maximum Gasteiger partial charge on any atom is 0.308 e. The number of nitrogens with zero attached hydrogens (tertiary/aromatic N) is 1. The van der Waals surface area contributed by atoms with Gasteiger partial charge in [0.05, 0.1) is 18.9 Å². The van der Waals surface area contributed by atoms with Gasteiger partial charge in [-0.05, 0) is 37.5 Å². The molecule has 1 atom stereocenters. The van der Waals surface area contributed by atoms with E-state index in [-0.39, 0.29) is 12.3 Å². The Hall–Kier alpha value is -2.04. The number of hydrogen-bond donors (Lipinski definition) is 1. The van der Waals surface area contributed by atoms with Crippen molar-refractivity contribution in [2.24, 2.45) is 5.92 Å². The van der Waals surface area contributed by atoms with E-state index in [9.17, 15) is 9.59 Å². The van der Waals surface area contributed by atoms with Gasteiger partial charge in [-0.1, -0.05) is 12.1 Å². The third kappa shape index (κ3) is 4.48. The first-order valence-corrected chi connectivity index (χ1v) is 7.26. The minimum atomic E-state index is -0.816. The minimum absolute atomic E-state index is 0.0337. The summed E-state index contributed by atoms with van der Waals surface area (Å²) in [6.45, 7) is 3.26. The number of amides is 1. The van der Waals surface area contributed by atoms with Gasteiger partial charge in [0.15, 0.2) is 0 Å². The maximum absolute atomic E-state index is 12.1. The van der Waals surface area contributed by atoms with Crippen LogP contribution in [0.25, 0.3) is 0 Å². The highest BCUT2D eigenvalue weighted by atomic mass is 16.5. The van der Waals surface area contributed by atoms with E-state index in [1.807, 2.05) is 31.2 Å². The lowest BCUT2D eigenvalue weighted by molar-refractivity contribution is -0.145. The van der Waals surface area contributed by atoms with Crippen molar-refractivity contribution in [1.29, 1.82) is 0 Å². The molecule has 0 unspecified atom stereocenters. The Morgan fingerprint density at radius 1 is 1.43 bits per heavy atom. The first kappa shape index (κ1) is 15.4. The number of carbonyl (C=O) groups is 2. The fourth-order valence-electron chi connectivity index (χ4n) is 2.52. The zero-order valence-corrected chi connectivity index (χ0v) is 12.2. The molecule has 0 radical (unpaired) electrons. The number of benzene rings is 1. The van der Waals surface area contributed by atoms with Gasteiger partial charge < -0.3 is 14.7 Å². The lowest BCUT2D eigenvalue weighted by Crippen LogP contribution is -2.42. The molecule has 0 bridgehead atoms. The van der Waals surface area contributed by atoms with Gasteiger partial charge >= 0.3 is 5.97 Å². The highest BCUT2D eigenvalue weighted by Gasteiger charge is 2.27. The Kier molecular flexibility index (Phi) is 5.20. The second-order valence-corrected chi connectivity index (χ2v) is 5.43. The number of aryl methyl sites for hydroxylation is 1. The molecule has 0 aliphatic carbocycles. The highest BCUT2D eigenvalue weighted by molar-refractivity contribution is 5.78. The summed E-state index contributed by atoms with van der Waals surface area (Å²) in [7, 11) is 0. The van der Waals surface area contributed by atoms with Crippen molar-refractivity contribution in [3.05, 3.63) is 29.8 Å². The number of likely N-dealkylation sites (tertiary alicyclic amines) is 1. The summed E-state index contributed by atoms with van der Waals surface area (Å²) in [6, 6.07) is 7.68. The van der Waals surface area contributed by atoms with Crippen molar-refractivity contribution in [3.63, 3.8) is 0 Å². The quantitative estimate of drug-likeness (QED) is 0.902. The molecule has 1 aliphatic rings. The van der Waals surface area contributed by atoms with Gasteiger partial charge in [-0.25, -0.2) is 0 Å². The number of carboxylic acids is 1. The molecule has 1 aliphatic heterocycles. The molecule has 0 spiro atoms. The van der Waals surface area contributed by atoms with Crippen LogP contribution in [0.15, 0.2) is 24.3 Å². The van der Waals surface area contributed by atoms with Gasteiger partial charge in [0.2, 0.25) is 5.91 Å². The van der Waals surface area contributed by atoms with E-state index in [0.29, 0.717) is 26.1 Å². The van der Waals surface area contributed by atoms with Crippen LogP contribution in [0.2, 0.25) is 0 Å². The SMILES string of the molecule is Cc1cccc(OCCC(=O)N2CCC[C@@H](C(=O)O)C2)c1. The van der Waals surface area contributed by atoms with E-state index >= 15 is 0 Å². The molecule has 1 heterocycles. The zero-order chi connectivity index (χ0) is 15.2. The summed E-state index contributed by atoms with van der Waals surface area (Å²) in [5.74, 6) is -0.526. The Balaban J connectivity index is 1.78. The van der Waals surface area contributed by atoms with Gasteiger partial charge in [-0.3, -0.25) is 9.59 Å². The van der Waals surface area contributed by atoms with Gasteiger partial charge in [0, 0.05) is 13.1 Å². The number of hydrogen-bond acceptors (Lipinski definition) is 3. The van der Waals surface area contributed by atoms with E-state index in [0.717, 1.165) is 17.7 Å². The Labute approximate surface area is 124 Å². The molecule has 21 heavy (non-hydrogen) atoms. The molecular weight excluding hydrogens is 270 g/mol. The fraction of sp³-hybridized carbons (Fsp3) is 0.500. The molecule has 1 amide bonds. The average Bonchev–Trinajstić information content (AvgIpc) is 2.47. The lowest BCUT2D eigenvalue weighted by atomic mass is 9.98. The number of carbonyl (C=O) groups excluding carboxylic acids is 1. The predicted molar refractivity (Wildman–Crippen MR) is 78.2 cm³/mol. The Morgan fingerprint density at radius 3 is 2.95 bits per heavy atom. The molecule has 1 aromatic carbocycles. The van der Waals surface area contributed by atoms with Crippen LogP contribution < -0.4 is 4.74 Å². The Morgan fingerprint density at radius 2 is 2.24 bits per heavy atom. The number of piperidine rings is 1. The summed E-state index contributed by atoms with van der Waals surface area (Å²) in [5, 5.41) is 9.03. The van der Waals surface area contributed by atoms with Crippen LogP contribution in [-0.2, 0) is 9.59 Å². The molecule has 1 saturated heterocycles. The number of aliphatic carboxylic acids is 1. The van der Waals surface area contributed by atoms with Crippen LogP contribution in [0.4, 0.5) is 0 Å². The summed E-state index contributed by atoms with van der Waals surface area (Å²) < 4.78 is 5.56. The number of carboxylic acid groups (broad SMARTS) is 1. The predicted octanol–water partition coefficient (Wildman–Crippen LogP) is 2.09. The average molecular weight is 291 g/mol. The molecular formula is C16H21NO4. The standard InChI is InChI=1S/C16H21NO4/c1-12-4-2-6-14(10-12)21-9-7-15(18)17-8-3-5-13(11-17)16(19)20/h2,4,6,10,13H,3,5,7-9,11H2,1H3,(H,19,20)/t13-/m1/s1. The van der Waals surface area contributed by atoms with Crippen LogP contribution in [0, 0.1) is 12.8 Å². The van der Waals surface area contributed by atoms with Gasteiger partial charge in [0.25, 0.3) is 0 Å². The van der Waals surface area contributed by atoms with Crippen LogP contribution >= 0.6 is 0 Å². The third-order valence-corrected chi connectivity index (χ3v) is 3.70. The molecule has 5 heteroatoms. The molecule has 0 saturated carbocycles. The van der Waals surface area contributed by atoms with E-state index in [2.05, 4.69) is 0 Å². The molecule has 2 rings (SSSR count). The summed E-state index contributed by atoms with van der Waals surface area (Å²) in [6.07, 6.45) is 1.68. The molecule has 0 aromatic heterocycles. The maximum atomic E-state index is 12.1. The third-order valence-electron chi connectivity index (χ3n) is 3.70. The second-order valence-electron chi connectivity index (χ2n) is 5.43. The Bertz CT molecular complexity index is 515. The molecule has 1 fully saturated rings. The molecule has 1 aromatic rings. The van der Waals surface area contributed by atoms with Crippen molar-refractivity contribution < 1.29 is 19.4 Å². The van der Waals surface area contributed by atoms with Crippen molar-refractivity contribution in [2.75, 3.05) is 19.7 Å². The molecule has 1 N–H and O–H groups in total. The lowest BCUT2D eigenvalue weighted by Gasteiger charge is -2.30. The topological polar surface area (TPSA) is 66.8 Å². The van der Waals surface area contributed by atoms with Crippen molar-refractivity contribution in [3.8, 4) is 5.75 Å². The zero-order valence-electron chi connectivity index (χ0n) is 12.2. The van der Waals surface area contributed by atoms with Gasteiger partial charge in [-0.15, -0.1) is 0 Å². The van der Waals surface area contributed by atoms with Crippen molar-refractivity contribution >= 4 is 11.9 Å². The minimum Gasteiger partial charge on any atom is -0.493 e. The summed E-state index contributed by atoms with van der Waals surface area (Å²) in [5.41, 5.74) is 1.11. The van der Waals surface area contributed by atoms with Crippen molar-refractivity contribution in [2.45, 2.75) is 26.2 Å². The van der Waals surface area contributed by atoms with E-state index in [1.54, 1.807) is 4.90 Å². The van der Waals surface area contributed by atoms with E-state index in [1.165, 1.54) is 0 Å². The summed E-state index contributed by atoms with van der Waals surface area (Å²) >= 11 is 0. The monoisotopic (exact) mass is 291 g/mol. The van der Waals surface area contributed by atoms with Gasteiger partial charge in [-0.2, -0.15) is 0 Å². The first-order valence-electron chi connectivity index (χ1n) is 7.26. The molecule has 5 nitrogen and oxygen atoms in total. The van der Waals surface area contributed by atoms with Crippen LogP contribution in [-0.4, -0.2) is 41.6 Å². The normalized spacial score (nSPS) is 18.3. The molecule has 114 valence electrons. The number of ether oxygens (including phenoxy) is 1. The summed E-state index contributed by atoms with van der Waals surface area (Å²) in [4.78, 5) is 24.7. The number of rotatable bonds is 5. The van der Waals surface area contributed by atoms with E-state index < -0.39 is 11.9 Å². The highest BCUT2D eigenvalue weighted by Crippen LogP contribution is 2.18. The second kappa shape index (κ2) is 7.11. The van der Waals surface area contributed by atoms with Crippen molar-refractivity contribution in [1.82, 2.24) is 4.90 Å². The van der Waals surface area contributed by atoms with Crippen LogP contribution in [0.1, 0.15) is 24.8 Å². The smallest absolute Gasteiger partial charge is 0.308 e. The van der Waals surface area contributed by atoms with Gasteiger partial charge in [0.1, 0.15) is 5.75 Å². The van der Waals surface area contributed by atoms with Crippen LogP contribution in [0.5, 0.6) is 5.75 Å². The first-order chi connectivity index (χ1) is 10.1. The largest absolute Gasteiger partial charge is 0.493 e.